The van der Waals surface area contributed by atoms with Crippen LogP contribution in [-0.4, -0.2) is 26.4 Å². The normalized spacial score (nSPS) is 11.5. The predicted molar refractivity (Wildman–Crippen MR) is 66.8 cm³/mol. The van der Waals surface area contributed by atoms with Crippen LogP contribution in [0.1, 0.15) is 11.1 Å². The van der Waals surface area contributed by atoms with E-state index in [2.05, 4.69) is 4.72 Å². The first-order valence-electron chi connectivity index (χ1n) is 5.25. The average molecular weight is 273 g/mol. The van der Waals surface area contributed by atoms with Crippen molar-refractivity contribution in [3.8, 4) is 0 Å². The van der Waals surface area contributed by atoms with E-state index in [1.165, 1.54) is 12.1 Å². The minimum Gasteiger partial charge on any atom is -0.329 e. The molecule has 0 radical (unpaired) electrons. The Morgan fingerprint density at radius 1 is 1.39 bits per heavy atom. The van der Waals surface area contributed by atoms with Gasteiger partial charge in [0.15, 0.2) is 4.90 Å². The van der Waals surface area contributed by atoms with Crippen LogP contribution in [0, 0.1) is 24.0 Å². The van der Waals surface area contributed by atoms with Gasteiger partial charge in [-0.05, 0) is 25.0 Å². The number of benzene rings is 1. The van der Waals surface area contributed by atoms with Gasteiger partial charge in [-0.3, -0.25) is 10.1 Å². The fourth-order valence-electron chi connectivity index (χ4n) is 1.52. The molecule has 0 heterocycles. The Hall–Kier alpha value is -1.51. The third kappa shape index (κ3) is 2.84. The Kier molecular flexibility index (Phi) is 4.38. The maximum atomic E-state index is 12.0. The number of nitrogens with one attached hydrogen (secondary N) is 1. The Balaban J connectivity index is 3.46. The van der Waals surface area contributed by atoms with Gasteiger partial charge in [0.05, 0.1) is 4.92 Å². The van der Waals surface area contributed by atoms with Gasteiger partial charge in [-0.1, -0.05) is 6.07 Å². The Labute approximate surface area is 105 Å². The first kappa shape index (κ1) is 14.6. The number of nitrogens with zero attached hydrogens (tertiary/aromatic N) is 1. The molecular weight excluding hydrogens is 258 g/mol. The first-order chi connectivity index (χ1) is 8.31. The fourth-order valence-corrected chi connectivity index (χ4v) is 3.04. The number of nitro benzene ring substituents is 1. The summed E-state index contributed by atoms with van der Waals surface area (Å²) in [5.74, 6) is 0. The lowest BCUT2D eigenvalue weighted by atomic mass is 10.1. The lowest BCUT2D eigenvalue weighted by Crippen LogP contribution is -2.30. The maximum absolute atomic E-state index is 12.0. The third-order valence-corrected chi connectivity index (χ3v) is 4.19. The van der Waals surface area contributed by atoms with E-state index < -0.39 is 20.6 Å². The molecule has 0 aliphatic heterocycles. The molecule has 0 aliphatic rings. The standard InChI is InChI=1S/C10H15N3O4S/c1-7-3-4-9(13(14)15)10(8(7)2)18(16,17)12-6-5-11/h3-4,12H,5-6,11H2,1-2H3. The molecule has 0 bridgehead atoms. The van der Waals surface area contributed by atoms with Gasteiger partial charge in [0.25, 0.3) is 5.69 Å². The van der Waals surface area contributed by atoms with Crippen molar-refractivity contribution in [1.29, 1.82) is 0 Å². The predicted octanol–water partition coefficient (Wildman–Crippen LogP) is 0.449. The molecule has 0 aromatic heterocycles. The number of rotatable bonds is 5. The van der Waals surface area contributed by atoms with Crippen molar-refractivity contribution in [2.75, 3.05) is 13.1 Å². The van der Waals surface area contributed by atoms with Gasteiger partial charge < -0.3 is 5.73 Å². The average Bonchev–Trinajstić information content (AvgIpc) is 2.29. The van der Waals surface area contributed by atoms with Crippen LogP contribution in [0.5, 0.6) is 0 Å². The van der Waals surface area contributed by atoms with Crippen LogP contribution < -0.4 is 10.5 Å². The van der Waals surface area contributed by atoms with Gasteiger partial charge >= 0.3 is 0 Å². The largest absolute Gasteiger partial charge is 0.329 e. The topological polar surface area (TPSA) is 115 Å². The van der Waals surface area contributed by atoms with Gasteiger partial charge in [0, 0.05) is 19.2 Å². The summed E-state index contributed by atoms with van der Waals surface area (Å²) in [5, 5.41) is 10.9. The highest BCUT2D eigenvalue weighted by Crippen LogP contribution is 2.28. The molecule has 0 saturated heterocycles. The molecule has 8 heteroatoms. The summed E-state index contributed by atoms with van der Waals surface area (Å²) in [6.07, 6.45) is 0. The van der Waals surface area contributed by atoms with E-state index in [-0.39, 0.29) is 18.0 Å². The van der Waals surface area contributed by atoms with Crippen LogP contribution in [0.4, 0.5) is 5.69 Å². The van der Waals surface area contributed by atoms with Gasteiger partial charge in [0.1, 0.15) is 0 Å². The molecule has 7 nitrogen and oxygen atoms in total. The number of nitro groups is 1. The Morgan fingerprint density at radius 3 is 2.50 bits per heavy atom. The summed E-state index contributed by atoms with van der Waals surface area (Å²) >= 11 is 0. The molecule has 0 fully saturated rings. The summed E-state index contributed by atoms with van der Waals surface area (Å²) < 4.78 is 26.3. The smallest absolute Gasteiger partial charge is 0.289 e. The van der Waals surface area contributed by atoms with E-state index in [9.17, 15) is 18.5 Å². The van der Waals surface area contributed by atoms with Crippen LogP contribution >= 0.6 is 0 Å². The monoisotopic (exact) mass is 273 g/mol. The summed E-state index contributed by atoms with van der Waals surface area (Å²) in [6, 6.07) is 2.72. The Bertz CT molecular complexity index is 569. The molecule has 18 heavy (non-hydrogen) atoms. The minimum atomic E-state index is -3.92. The highest BCUT2D eigenvalue weighted by Gasteiger charge is 2.28. The lowest BCUT2D eigenvalue weighted by molar-refractivity contribution is -0.387. The fraction of sp³-hybridized carbons (Fsp3) is 0.400. The zero-order valence-corrected chi connectivity index (χ0v) is 11.0. The van der Waals surface area contributed by atoms with E-state index >= 15 is 0 Å². The first-order valence-corrected chi connectivity index (χ1v) is 6.74. The van der Waals surface area contributed by atoms with Gasteiger partial charge in [-0.25, -0.2) is 13.1 Å². The molecule has 0 spiro atoms. The second kappa shape index (κ2) is 5.42. The zero-order chi connectivity index (χ0) is 13.9. The van der Waals surface area contributed by atoms with E-state index in [1.54, 1.807) is 13.8 Å². The van der Waals surface area contributed by atoms with Crippen LogP contribution in [0.2, 0.25) is 0 Å². The van der Waals surface area contributed by atoms with E-state index in [0.29, 0.717) is 11.1 Å². The van der Waals surface area contributed by atoms with Gasteiger partial charge in [-0.15, -0.1) is 0 Å². The number of sulfonamides is 1. The van der Waals surface area contributed by atoms with Crippen LogP contribution in [0.15, 0.2) is 17.0 Å². The zero-order valence-electron chi connectivity index (χ0n) is 10.1. The van der Waals surface area contributed by atoms with Crippen molar-refractivity contribution in [1.82, 2.24) is 4.72 Å². The Morgan fingerprint density at radius 2 is 2.00 bits per heavy atom. The highest BCUT2D eigenvalue weighted by molar-refractivity contribution is 7.89. The van der Waals surface area contributed by atoms with E-state index in [4.69, 9.17) is 5.73 Å². The third-order valence-electron chi connectivity index (χ3n) is 2.56. The maximum Gasteiger partial charge on any atom is 0.289 e. The number of hydrogen-bond donors (Lipinski definition) is 2. The van der Waals surface area contributed by atoms with Crippen molar-refractivity contribution < 1.29 is 13.3 Å². The van der Waals surface area contributed by atoms with Crippen LogP contribution in [-0.2, 0) is 10.0 Å². The molecule has 3 N–H and O–H groups in total. The SMILES string of the molecule is Cc1ccc([N+](=O)[O-])c(S(=O)(=O)NCCN)c1C. The second-order valence-electron chi connectivity index (χ2n) is 3.80. The molecule has 0 amide bonds. The molecule has 0 saturated carbocycles. The molecular formula is C10H15N3O4S. The van der Waals surface area contributed by atoms with E-state index in [1.807, 2.05) is 0 Å². The van der Waals surface area contributed by atoms with Crippen molar-refractivity contribution in [3.63, 3.8) is 0 Å². The molecule has 0 atom stereocenters. The molecule has 100 valence electrons. The molecule has 0 aliphatic carbocycles. The molecule has 1 aromatic rings. The van der Waals surface area contributed by atoms with Crippen molar-refractivity contribution >= 4 is 15.7 Å². The number of hydrogen-bond acceptors (Lipinski definition) is 5. The van der Waals surface area contributed by atoms with Gasteiger partial charge in [0.2, 0.25) is 10.0 Å². The second-order valence-corrected chi connectivity index (χ2v) is 5.50. The molecule has 1 aromatic carbocycles. The van der Waals surface area contributed by atoms with Crippen molar-refractivity contribution in [3.05, 3.63) is 33.4 Å². The van der Waals surface area contributed by atoms with Gasteiger partial charge in [-0.2, -0.15) is 0 Å². The minimum absolute atomic E-state index is 0.0346. The number of aryl methyl sites for hydroxylation is 1. The molecule has 0 unspecified atom stereocenters. The summed E-state index contributed by atoms with van der Waals surface area (Å²) in [7, 11) is -3.92. The molecule has 1 rings (SSSR count). The van der Waals surface area contributed by atoms with Crippen LogP contribution in [0.3, 0.4) is 0 Å². The number of nitrogens with two attached hydrogens (primary N) is 1. The lowest BCUT2D eigenvalue weighted by Gasteiger charge is -2.10. The quantitative estimate of drug-likeness (QED) is 0.597. The van der Waals surface area contributed by atoms with Crippen molar-refractivity contribution in [2.45, 2.75) is 18.7 Å². The summed E-state index contributed by atoms with van der Waals surface area (Å²) in [6.45, 7) is 3.39. The van der Waals surface area contributed by atoms with Crippen LogP contribution in [0.25, 0.3) is 0 Å². The van der Waals surface area contributed by atoms with E-state index in [0.717, 1.165) is 0 Å². The highest BCUT2D eigenvalue weighted by atomic mass is 32.2. The summed E-state index contributed by atoms with van der Waals surface area (Å²) in [5.41, 5.74) is 5.83. The van der Waals surface area contributed by atoms with Crippen molar-refractivity contribution in [2.24, 2.45) is 5.73 Å². The summed E-state index contributed by atoms with van der Waals surface area (Å²) in [4.78, 5) is 9.90.